The lowest BCUT2D eigenvalue weighted by Gasteiger charge is -2.14. The molecule has 1 aliphatic heterocycles. The van der Waals surface area contributed by atoms with Crippen molar-refractivity contribution in [3.63, 3.8) is 0 Å². The number of rotatable bonds is 2. The monoisotopic (exact) mass is 283 g/mol. The maximum absolute atomic E-state index is 6.14. The van der Waals surface area contributed by atoms with E-state index in [1.807, 2.05) is 18.2 Å². The third-order valence-corrected chi connectivity index (χ3v) is 3.45. The number of halogens is 2. The topological polar surface area (TPSA) is 37.0 Å². The normalized spacial score (nSPS) is 18.6. The first kappa shape index (κ1) is 13.4. The van der Waals surface area contributed by atoms with E-state index >= 15 is 0 Å². The summed E-state index contributed by atoms with van der Waals surface area (Å²) >= 11 is 6.14. The van der Waals surface area contributed by atoms with E-state index in [1.54, 1.807) is 6.20 Å². The van der Waals surface area contributed by atoms with Crippen molar-refractivity contribution >= 4 is 40.6 Å². The Balaban J connectivity index is 0.00000120. The summed E-state index contributed by atoms with van der Waals surface area (Å²) < 4.78 is 0. The molecule has 1 fully saturated rings. The molecule has 1 aliphatic rings. The van der Waals surface area contributed by atoms with Gasteiger partial charge in [0.15, 0.2) is 0 Å². The number of pyridine rings is 1. The summed E-state index contributed by atoms with van der Waals surface area (Å²) in [5, 5.41) is 8.69. The summed E-state index contributed by atoms with van der Waals surface area (Å²) in [4.78, 5) is 4.33. The molecular weight excluding hydrogens is 269 g/mol. The number of nitrogens with zero attached hydrogens (tertiary/aromatic N) is 1. The number of hydrogen-bond acceptors (Lipinski definition) is 3. The largest absolute Gasteiger partial charge is 0.380 e. The number of fused-ring (bicyclic) bond motifs is 1. The lowest BCUT2D eigenvalue weighted by Crippen LogP contribution is -2.22. The van der Waals surface area contributed by atoms with Crippen LogP contribution in [0.25, 0.3) is 10.9 Å². The van der Waals surface area contributed by atoms with E-state index < -0.39 is 0 Å². The molecule has 1 aromatic carbocycles. The molecule has 5 heteroatoms. The minimum absolute atomic E-state index is 0. The number of nitrogens with one attached hydrogen (secondary N) is 2. The Kier molecular flexibility index (Phi) is 4.27. The minimum Gasteiger partial charge on any atom is -0.380 e. The fourth-order valence-corrected chi connectivity index (χ4v) is 2.49. The molecule has 18 heavy (non-hydrogen) atoms. The highest BCUT2D eigenvalue weighted by atomic mass is 35.5. The molecule has 1 unspecified atom stereocenters. The number of hydrogen-bond donors (Lipinski definition) is 2. The molecule has 3 rings (SSSR count). The molecule has 0 aliphatic carbocycles. The average molecular weight is 284 g/mol. The van der Waals surface area contributed by atoms with Gasteiger partial charge in [-0.3, -0.25) is 4.98 Å². The molecule has 96 valence electrons. The zero-order valence-electron chi connectivity index (χ0n) is 9.82. The van der Waals surface area contributed by atoms with Gasteiger partial charge in [-0.05, 0) is 25.1 Å². The van der Waals surface area contributed by atoms with Crippen molar-refractivity contribution in [1.29, 1.82) is 0 Å². The standard InChI is InChI=1S/C13H14ClN3.ClH/c14-11-3-1-2-10-12(5-7-16-13(10)11)17-9-4-6-15-8-9;/h1-3,5,7,9,15H,4,6,8H2,(H,16,17);1H. The average Bonchev–Trinajstić information content (AvgIpc) is 2.83. The summed E-state index contributed by atoms with van der Waals surface area (Å²) in [6.07, 6.45) is 2.96. The van der Waals surface area contributed by atoms with Crippen LogP contribution in [0.1, 0.15) is 6.42 Å². The van der Waals surface area contributed by atoms with E-state index in [0.29, 0.717) is 11.1 Å². The van der Waals surface area contributed by atoms with Gasteiger partial charge in [-0.2, -0.15) is 0 Å². The highest BCUT2D eigenvalue weighted by Gasteiger charge is 2.15. The minimum atomic E-state index is 0. The molecule has 2 aromatic rings. The van der Waals surface area contributed by atoms with Crippen LogP contribution in [-0.4, -0.2) is 24.1 Å². The van der Waals surface area contributed by atoms with Crippen molar-refractivity contribution in [2.45, 2.75) is 12.5 Å². The fourth-order valence-electron chi connectivity index (χ4n) is 2.26. The first-order valence-corrected chi connectivity index (χ1v) is 6.23. The summed E-state index contributed by atoms with van der Waals surface area (Å²) in [7, 11) is 0. The van der Waals surface area contributed by atoms with Crippen molar-refractivity contribution in [2.75, 3.05) is 18.4 Å². The van der Waals surface area contributed by atoms with Crippen LogP contribution in [0.4, 0.5) is 5.69 Å². The predicted octanol–water partition coefficient (Wildman–Crippen LogP) is 3.08. The van der Waals surface area contributed by atoms with Crippen molar-refractivity contribution in [1.82, 2.24) is 10.3 Å². The van der Waals surface area contributed by atoms with E-state index in [1.165, 1.54) is 0 Å². The summed E-state index contributed by atoms with van der Waals surface area (Å²) in [6.45, 7) is 2.10. The van der Waals surface area contributed by atoms with Crippen LogP contribution in [0.2, 0.25) is 5.02 Å². The van der Waals surface area contributed by atoms with Crippen molar-refractivity contribution < 1.29 is 0 Å². The van der Waals surface area contributed by atoms with Crippen LogP contribution < -0.4 is 10.6 Å². The van der Waals surface area contributed by atoms with E-state index in [4.69, 9.17) is 11.6 Å². The third-order valence-electron chi connectivity index (χ3n) is 3.14. The Morgan fingerprint density at radius 2 is 2.22 bits per heavy atom. The van der Waals surface area contributed by atoms with Crippen LogP contribution in [0.15, 0.2) is 30.5 Å². The Labute approximate surface area is 117 Å². The molecular formula is C13H15Cl2N3. The van der Waals surface area contributed by atoms with Gasteiger partial charge in [0.1, 0.15) is 0 Å². The Hall–Kier alpha value is -1.03. The molecule has 0 saturated carbocycles. The maximum atomic E-state index is 6.14. The van der Waals surface area contributed by atoms with E-state index in [0.717, 1.165) is 36.1 Å². The Morgan fingerprint density at radius 3 is 3.00 bits per heavy atom. The third kappa shape index (κ3) is 2.53. The van der Waals surface area contributed by atoms with Gasteiger partial charge >= 0.3 is 0 Å². The molecule has 2 heterocycles. The molecule has 0 spiro atoms. The van der Waals surface area contributed by atoms with Gasteiger partial charge in [-0.1, -0.05) is 23.7 Å². The highest BCUT2D eigenvalue weighted by Crippen LogP contribution is 2.27. The van der Waals surface area contributed by atoms with Crippen LogP contribution in [-0.2, 0) is 0 Å². The lowest BCUT2D eigenvalue weighted by molar-refractivity contribution is 0.794. The van der Waals surface area contributed by atoms with E-state index in [2.05, 4.69) is 21.7 Å². The first-order chi connectivity index (χ1) is 8.34. The molecule has 1 atom stereocenters. The van der Waals surface area contributed by atoms with Gasteiger partial charge in [-0.25, -0.2) is 0 Å². The fraction of sp³-hybridized carbons (Fsp3) is 0.308. The molecule has 3 nitrogen and oxygen atoms in total. The van der Waals surface area contributed by atoms with Gasteiger partial charge in [0.25, 0.3) is 0 Å². The van der Waals surface area contributed by atoms with E-state index in [9.17, 15) is 0 Å². The van der Waals surface area contributed by atoms with Crippen LogP contribution in [0.3, 0.4) is 0 Å². The first-order valence-electron chi connectivity index (χ1n) is 5.85. The zero-order valence-corrected chi connectivity index (χ0v) is 11.4. The molecule has 0 bridgehead atoms. The summed E-state index contributed by atoms with van der Waals surface area (Å²) in [6, 6.07) is 8.40. The number of aromatic nitrogens is 1. The van der Waals surface area contributed by atoms with Crippen molar-refractivity contribution in [3.8, 4) is 0 Å². The lowest BCUT2D eigenvalue weighted by atomic mass is 10.1. The smallest absolute Gasteiger partial charge is 0.0908 e. The number of benzene rings is 1. The molecule has 1 saturated heterocycles. The molecule has 0 radical (unpaired) electrons. The van der Waals surface area contributed by atoms with Crippen molar-refractivity contribution in [3.05, 3.63) is 35.5 Å². The maximum Gasteiger partial charge on any atom is 0.0908 e. The second-order valence-corrected chi connectivity index (χ2v) is 4.74. The van der Waals surface area contributed by atoms with Gasteiger partial charge in [0, 0.05) is 29.9 Å². The molecule has 0 amide bonds. The van der Waals surface area contributed by atoms with Crippen molar-refractivity contribution in [2.24, 2.45) is 0 Å². The van der Waals surface area contributed by atoms with Crippen LogP contribution in [0, 0.1) is 0 Å². The Bertz CT molecular complexity index is 539. The predicted molar refractivity (Wildman–Crippen MR) is 78.9 cm³/mol. The van der Waals surface area contributed by atoms with Gasteiger partial charge in [0.2, 0.25) is 0 Å². The summed E-state index contributed by atoms with van der Waals surface area (Å²) in [5.74, 6) is 0. The molecule has 1 aromatic heterocycles. The number of para-hydroxylation sites is 1. The SMILES string of the molecule is Cl.Clc1cccc2c(NC3CCNC3)ccnc12. The van der Waals surface area contributed by atoms with Crippen LogP contribution in [0.5, 0.6) is 0 Å². The van der Waals surface area contributed by atoms with Crippen LogP contribution >= 0.6 is 24.0 Å². The van der Waals surface area contributed by atoms with Gasteiger partial charge in [0.05, 0.1) is 10.5 Å². The number of anilines is 1. The van der Waals surface area contributed by atoms with Gasteiger partial charge < -0.3 is 10.6 Å². The van der Waals surface area contributed by atoms with Gasteiger partial charge in [-0.15, -0.1) is 12.4 Å². The quantitative estimate of drug-likeness (QED) is 0.890. The van der Waals surface area contributed by atoms with E-state index in [-0.39, 0.29) is 12.4 Å². The summed E-state index contributed by atoms with van der Waals surface area (Å²) in [5.41, 5.74) is 1.98. The highest BCUT2D eigenvalue weighted by molar-refractivity contribution is 6.35. The second-order valence-electron chi connectivity index (χ2n) is 4.33. The molecule has 2 N–H and O–H groups in total. The second kappa shape index (κ2) is 5.74. The zero-order chi connectivity index (χ0) is 11.7. The Morgan fingerprint density at radius 1 is 1.33 bits per heavy atom.